The highest BCUT2D eigenvalue weighted by atomic mass is 35.5. The summed E-state index contributed by atoms with van der Waals surface area (Å²) in [5, 5.41) is 15.1. The van der Waals surface area contributed by atoms with E-state index in [1.54, 1.807) is 6.92 Å². The number of nitro groups is 1. The second-order valence-electron chi connectivity index (χ2n) is 6.11. The topological polar surface area (TPSA) is 119 Å². The molecule has 0 fully saturated rings. The Morgan fingerprint density at radius 1 is 1.07 bits per heavy atom. The van der Waals surface area contributed by atoms with E-state index in [2.05, 4.69) is 16.0 Å². The Bertz CT molecular complexity index is 1060. The van der Waals surface area contributed by atoms with Crippen LogP contribution in [-0.4, -0.2) is 26.5 Å². The minimum Gasteiger partial charge on any atom is -0.267 e. The predicted molar refractivity (Wildman–Crippen MR) is 106 cm³/mol. The Hall–Kier alpha value is -3.72. The maximum absolute atomic E-state index is 12.5. The number of nitrogens with zero attached hydrogens (tertiary/aromatic N) is 3. The summed E-state index contributed by atoms with van der Waals surface area (Å²) in [6.45, 7) is 2.03. The average Bonchev–Trinajstić information content (AvgIpc) is 2.99. The molecule has 0 unspecified atom stereocenters. The van der Waals surface area contributed by atoms with Gasteiger partial charge in [-0.3, -0.25) is 30.6 Å². The van der Waals surface area contributed by atoms with E-state index >= 15 is 0 Å². The number of carbonyl (C=O) groups is 2. The lowest BCUT2D eigenvalue weighted by Crippen LogP contribution is -2.41. The number of hydrazine groups is 1. The van der Waals surface area contributed by atoms with Crippen molar-refractivity contribution in [2.24, 2.45) is 0 Å². The van der Waals surface area contributed by atoms with E-state index in [1.807, 2.05) is 30.3 Å². The van der Waals surface area contributed by atoms with Crippen LogP contribution >= 0.6 is 11.6 Å². The minimum atomic E-state index is -0.626. The molecule has 2 aromatic carbocycles. The summed E-state index contributed by atoms with van der Waals surface area (Å²) in [5.41, 5.74) is 6.07. The van der Waals surface area contributed by atoms with Gasteiger partial charge in [0.2, 0.25) is 0 Å². The first kappa shape index (κ1) is 20.0. The van der Waals surface area contributed by atoms with Crippen molar-refractivity contribution >= 4 is 29.1 Å². The molecule has 0 spiro atoms. The maximum atomic E-state index is 12.5. The molecule has 0 aliphatic carbocycles. The molecular weight excluding hydrogens is 398 g/mol. The zero-order valence-electron chi connectivity index (χ0n) is 15.3. The van der Waals surface area contributed by atoms with Crippen LogP contribution in [0.5, 0.6) is 0 Å². The average molecular weight is 414 g/mol. The van der Waals surface area contributed by atoms with Crippen LogP contribution in [0.2, 0.25) is 5.15 Å². The van der Waals surface area contributed by atoms with Gasteiger partial charge < -0.3 is 0 Å². The lowest BCUT2D eigenvalue weighted by molar-refractivity contribution is -0.384. The van der Waals surface area contributed by atoms with E-state index in [4.69, 9.17) is 11.6 Å². The van der Waals surface area contributed by atoms with Crippen molar-refractivity contribution in [3.05, 3.63) is 92.2 Å². The number of rotatable bonds is 5. The summed E-state index contributed by atoms with van der Waals surface area (Å²) >= 11 is 6.32. The number of carbonyl (C=O) groups excluding carboxylic acids is 2. The Morgan fingerprint density at radius 2 is 1.69 bits per heavy atom. The molecule has 0 atom stereocenters. The summed E-state index contributed by atoms with van der Waals surface area (Å²) in [5.74, 6) is -1.25. The summed E-state index contributed by atoms with van der Waals surface area (Å²) < 4.78 is 1.50. The van der Waals surface area contributed by atoms with Crippen molar-refractivity contribution in [2.45, 2.75) is 13.5 Å². The van der Waals surface area contributed by atoms with E-state index in [0.29, 0.717) is 12.2 Å². The zero-order chi connectivity index (χ0) is 21.0. The molecular formula is C19H16ClN5O4. The first-order valence-corrected chi connectivity index (χ1v) is 8.86. The molecule has 3 aromatic rings. The fourth-order valence-electron chi connectivity index (χ4n) is 2.66. The van der Waals surface area contributed by atoms with Gasteiger partial charge in [0.25, 0.3) is 17.5 Å². The smallest absolute Gasteiger partial charge is 0.267 e. The number of aryl methyl sites for hydroxylation is 1. The Kier molecular flexibility index (Phi) is 5.89. The molecule has 2 N–H and O–H groups in total. The molecule has 2 amide bonds. The van der Waals surface area contributed by atoms with Crippen LogP contribution in [0.25, 0.3) is 0 Å². The van der Waals surface area contributed by atoms with Crippen LogP contribution in [0.3, 0.4) is 0 Å². The third-order valence-corrected chi connectivity index (χ3v) is 4.48. The van der Waals surface area contributed by atoms with Gasteiger partial charge in [-0.2, -0.15) is 5.10 Å². The van der Waals surface area contributed by atoms with Gasteiger partial charge in [-0.05, 0) is 24.6 Å². The van der Waals surface area contributed by atoms with Crippen LogP contribution in [0, 0.1) is 17.0 Å². The normalized spacial score (nSPS) is 10.4. The summed E-state index contributed by atoms with van der Waals surface area (Å²) in [6, 6.07) is 14.5. The van der Waals surface area contributed by atoms with Gasteiger partial charge in [-0.1, -0.05) is 41.9 Å². The molecule has 1 aromatic heterocycles. The van der Waals surface area contributed by atoms with E-state index in [0.717, 1.165) is 5.56 Å². The number of amides is 2. The van der Waals surface area contributed by atoms with Gasteiger partial charge in [0.1, 0.15) is 10.7 Å². The molecule has 10 heteroatoms. The van der Waals surface area contributed by atoms with Gasteiger partial charge >= 0.3 is 0 Å². The first-order valence-electron chi connectivity index (χ1n) is 8.49. The first-order chi connectivity index (χ1) is 13.9. The SMILES string of the molecule is Cc1nn(Cc2ccccc2)c(Cl)c1C(=O)NNC(=O)c1ccc([N+](=O)[O-])cc1. The molecule has 3 rings (SSSR count). The van der Waals surface area contributed by atoms with Crippen LogP contribution in [-0.2, 0) is 6.54 Å². The van der Waals surface area contributed by atoms with Gasteiger partial charge in [-0.15, -0.1) is 0 Å². The summed E-state index contributed by atoms with van der Waals surface area (Å²) in [7, 11) is 0. The molecule has 0 saturated carbocycles. The molecule has 0 saturated heterocycles. The van der Waals surface area contributed by atoms with Gasteiger partial charge in [0.05, 0.1) is 17.2 Å². The Labute approximate surface area is 170 Å². The van der Waals surface area contributed by atoms with Crippen molar-refractivity contribution in [3.8, 4) is 0 Å². The molecule has 0 bridgehead atoms. The molecule has 0 radical (unpaired) electrons. The standard InChI is InChI=1S/C19H16ClN5O4/c1-12-16(17(20)24(23-12)11-13-5-3-2-4-6-13)19(27)22-21-18(26)14-7-9-15(10-8-14)25(28)29/h2-10H,11H2,1H3,(H,21,26)(H,22,27). The largest absolute Gasteiger partial charge is 0.274 e. The fraction of sp³-hybridized carbons (Fsp3) is 0.105. The third-order valence-electron chi connectivity index (χ3n) is 4.10. The van der Waals surface area contributed by atoms with E-state index in [-0.39, 0.29) is 22.0 Å². The summed E-state index contributed by atoms with van der Waals surface area (Å²) in [4.78, 5) is 34.7. The van der Waals surface area contributed by atoms with Crippen molar-refractivity contribution < 1.29 is 14.5 Å². The fourth-order valence-corrected chi connectivity index (χ4v) is 2.98. The lowest BCUT2D eigenvalue weighted by Gasteiger charge is -2.07. The second kappa shape index (κ2) is 8.53. The number of benzene rings is 2. The van der Waals surface area contributed by atoms with Gasteiger partial charge in [-0.25, -0.2) is 4.68 Å². The second-order valence-corrected chi connectivity index (χ2v) is 6.46. The van der Waals surface area contributed by atoms with Crippen molar-refractivity contribution in [1.82, 2.24) is 20.6 Å². The lowest BCUT2D eigenvalue weighted by atomic mass is 10.2. The molecule has 9 nitrogen and oxygen atoms in total. The Balaban J connectivity index is 1.67. The molecule has 0 aliphatic rings. The molecule has 148 valence electrons. The molecule has 1 heterocycles. The van der Waals surface area contributed by atoms with E-state index < -0.39 is 16.7 Å². The van der Waals surface area contributed by atoms with Crippen LogP contribution in [0.1, 0.15) is 32.0 Å². The van der Waals surface area contributed by atoms with Crippen LogP contribution in [0.15, 0.2) is 54.6 Å². The quantitative estimate of drug-likeness (QED) is 0.492. The zero-order valence-corrected chi connectivity index (χ0v) is 16.0. The van der Waals surface area contributed by atoms with E-state index in [9.17, 15) is 19.7 Å². The van der Waals surface area contributed by atoms with Crippen molar-refractivity contribution in [2.75, 3.05) is 0 Å². The van der Waals surface area contributed by atoms with Crippen molar-refractivity contribution in [3.63, 3.8) is 0 Å². The van der Waals surface area contributed by atoms with Crippen molar-refractivity contribution in [1.29, 1.82) is 0 Å². The van der Waals surface area contributed by atoms with Gasteiger partial charge in [0, 0.05) is 17.7 Å². The number of nitro benzene ring substituents is 1. The highest BCUT2D eigenvalue weighted by Gasteiger charge is 2.21. The number of nitrogens with one attached hydrogen (secondary N) is 2. The minimum absolute atomic E-state index is 0.140. The van der Waals surface area contributed by atoms with Crippen LogP contribution in [0.4, 0.5) is 5.69 Å². The number of non-ortho nitro benzene ring substituents is 1. The third kappa shape index (κ3) is 4.58. The number of aromatic nitrogens is 2. The maximum Gasteiger partial charge on any atom is 0.274 e. The number of halogens is 1. The van der Waals surface area contributed by atoms with Gasteiger partial charge in [0.15, 0.2) is 0 Å². The van der Waals surface area contributed by atoms with E-state index in [1.165, 1.54) is 28.9 Å². The molecule has 29 heavy (non-hydrogen) atoms. The highest BCUT2D eigenvalue weighted by Crippen LogP contribution is 2.20. The highest BCUT2D eigenvalue weighted by molar-refractivity contribution is 6.33. The Morgan fingerprint density at radius 3 is 2.31 bits per heavy atom. The number of hydrogen-bond acceptors (Lipinski definition) is 5. The predicted octanol–water partition coefficient (Wildman–Crippen LogP) is 2.88. The van der Waals surface area contributed by atoms with Crippen LogP contribution < -0.4 is 10.9 Å². The number of hydrogen-bond donors (Lipinski definition) is 2. The molecule has 0 aliphatic heterocycles. The monoisotopic (exact) mass is 413 g/mol. The summed E-state index contributed by atoms with van der Waals surface area (Å²) in [6.07, 6.45) is 0.